The summed E-state index contributed by atoms with van der Waals surface area (Å²) in [5.74, 6) is 1.01. The van der Waals surface area contributed by atoms with Crippen LogP contribution in [0.1, 0.15) is 38.2 Å². The van der Waals surface area contributed by atoms with E-state index in [-0.39, 0.29) is 6.61 Å². The number of hydrogen-bond donors (Lipinski definition) is 3. The zero-order chi connectivity index (χ0) is 18.9. The number of thiocarbonyl (C=S) groups is 1. The number of benzene rings is 1. The smallest absolute Gasteiger partial charge is 0.255 e. The Kier molecular flexibility index (Phi) is 7.65. The molecule has 7 nitrogen and oxygen atoms in total. The van der Waals surface area contributed by atoms with E-state index in [0.717, 1.165) is 12.0 Å². The number of nitrogens with zero attached hydrogens (tertiary/aromatic N) is 1. The molecule has 0 saturated heterocycles. The molecule has 1 aromatic rings. The quantitative estimate of drug-likeness (QED) is 0.381. The molecule has 4 N–H and O–H groups in total. The summed E-state index contributed by atoms with van der Waals surface area (Å²) in [6, 6.07) is 5.65. The number of primary amides is 1. The highest BCUT2D eigenvalue weighted by atomic mass is 32.1. The minimum atomic E-state index is -0.546. The number of ether oxygens (including phenoxy) is 2. The zero-order valence-electron chi connectivity index (χ0n) is 15.2. The third-order valence-corrected chi connectivity index (χ3v) is 4.57. The van der Waals surface area contributed by atoms with Crippen molar-refractivity contribution in [3.8, 4) is 11.5 Å². The summed E-state index contributed by atoms with van der Waals surface area (Å²) >= 11 is 5.31. The molecule has 1 aliphatic rings. The molecular formula is C18H26N4O3S. The number of rotatable bonds is 7. The second-order valence-corrected chi connectivity index (χ2v) is 6.79. The van der Waals surface area contributed by atoms with Crippen LogP contribution in [0.5, 0.6) is 11.5 Å². The van der Waals surface area contributed by atoms with Crippen molar-refractivity contribution in [2.45, 2.75) is 38.6 Å². The minimum absolute atomic E-state index is 0.203. The van der Waals surface area contributed by atoms with E-state index in [1.54, 1.807) is 24.4 Å². The van der Waals surface area contributed by atoms with Gasteiger partial charge in [-0.1, -0.05) is 19.8 Å². The van der Waals surface area contributed by atoms with Gasteiger partial charge < -0.3 is 20.5 Å². The average molecular weight is 378 g/mol. The number of hydrazone groups is 1. The van der Waals surface area contributed by atoms with Gasteiger partial charge in [-0.2, -0.15) is 5.10 Å². The predicted molar refractivity (Wildman–Crippen MR) is 106 cm³/mol. The lowest BCUT2D eigenvalue weighted by molar-refractivity contribution is -0.119. The second-order valence-electron chi connectivity index (χ2n) is 6.38. The maximum atomic E-state index is 10.8. The van der Waals surface area contributed by atoms with Crippen molar-refractivity contribution in [2.24, 2.45) is 16.8 Å². The fourth-order valence-corrected chi connectivity index (χ4v) is 3.13. The molecule has 1 amide bonds. The van der Waals surface area contributed by atoms with Crippen LogP contribution in [0.15, 0.2) is 23.3 Å². The summed E-state index contributed by atoms with van der Waals surface area (Å²) in [6.07, 6.45) is 6.53. The van der Waals surface area contributed by atoms with Gasteiger partial charge in [-0.3, -0.25) is 10.2 Å². The molecule has 2 rings (SSSR count). The van der Waals surface area contributed by atoms with Gasteiger partial charge in [0.1, 0.15) is 0 Å². The first-order valence-corrected chi connectivity index (χ1v) is 9.09. The Morgan fingerprint density at radius 2 is 2.15 bits per heavy atom. The van der Waals surface area contributed by atoms with Gasteiger partial charge in [-0.25, -0.2) is 0 Å². The van der Waals surface area contributed by atoms with Crippen LogP contribution in [0.3, 0.4) is 0 Å². The molecular weight excluding hydrogens is 352 g/mol. The summed E-state index contributed by atoms with van der Waals surface area (Å²) in [7, 11) is 1.52. The highest BCUT2D eigenvalue weighted by Crippen LogP contribution is 2.27. The van der Waals surface area contributed by atoms with E-state index < -0.39 is 5.91 Å². The average Bonchev–Trinajstić information content (AvgIpc) is 2.62. The number of methoxy groups -OCH3 is 1. The van der Waals surface area contributed by atoms with Crippen molar-refractivity contribution >= 4 is 29.5 Å². The van der Waals surface area contributed by atoms with E-state index in [0.29, 0.717) is 28.6 Å². The SMILES string of the molecule is COc1cc(/C=N\NC(=S)N[C@H]2CCCC[C@H]2C)ccc1OCC(N)=O. The van der Waals surface area contributed by atoms with Gasteiger partial charge in [0.2, 0.25) is 0 Å². The molecule has 0 spiro atoms. The number of amides is 1. The number of nitrogens with two attached hydrogens (primary N) is 1. The number of hydrogen-bond acceptors (Lipinski definition) is 5. The normalized spacial score (nSPS) is 19.8. The van der Waals surface area contributed by atoms with Crippen molar-refractivity contribution in [1.82, 2.24) is 10.7 Å². The van der Waals surface area contributed by atoms with Crippen LogP contribution in [-0.4, -0.2) is 37.0 Å². The molecule has 0 aromatic heterocycles. The van der Waals surface area contributed by atoms with Crippen LogP contribution in [0.4, 0.5) is 0 Å². The summed E-state index contributed by atoms with van der Waals surface area (Å²) in [6.45, 7) is 2.04. The summed E-state index contributed by atoms with van der Waals surface area (Å²) in [4.78, 5) is 10.8. The first-order chi connectivity index (χ1) is 12.5. The molecule has 2 atom stereocenters. The first-order valence-electron chi connectivity index (χ1n) is 8.68. The van der Waals surface area contributed by atoms with Gasteiger partial charge >= 0.3 is 0 Å². The van der Waals surface area contributed by atoms with Crippen molar-refractivity contribution in [1.29, 1.82) is 0 Å². The Hall–Kier alpha value is -2.35. The fourth-order valence-electron chi connectivity index (χ4n) is 2.93. The molecule has 26 heavy (non-hydrogen) atoms. The maximum absolute atomic E-state index is 10.8. The van der Waals surface area contributed by atoms with E-state index >= 15 is 0 Å². The molecule has 0 radical (unpaired) electrons. The highest BCUT2D eigenvalue weighted by Gasteiger charge is 2.21. The van der Waals surface area contributed by atoms with Crippen LogP contribution < -0.4 is 25.9 Å². The third kappa shape index (κ3) is 6.18. The van der Waals surface area contributed by atoms with Crippen LogP contribution in [0, 0.1) is 5.92 Å². The van der Waals surface area contributed by atoms with Crippen LogP contribution in [-0.2, 0) is 4.79 Å². The Balaban J connectivity index is 1.88. The number of carbonyl (C=O) groups excluding carboxylic acids is 1. The third-order valence-electron chi connectivity index (χ3n) is 4.37. The molecule has 1 saturated carbocycles. The van der Waals surface area contributed by atoms with Crippen LogP contribution in [0.2, 0.25) is 0 Å². The van der Waals surface area contributed by atoms with Gasteiger partial charge in [0, 0.05) is 6.04 Å². The lowest BCUT2D eigenvalue weighted by Crippen LogP contribution is -2.44. The van der Waals surface area contributed by atoms with E-state index in [4.69, 9.17) is 27.4 Å². The van der Waals surface area contributed by atoms with E-state index in [1.165, 1.54) is 26.4 Å². The summed E-state index contributed by atoms with van der Waals surface area (Å²) < 4.78 is 10.6. The van der Waals surface area contributed by atoms with E-state index in [1.807, 2.05) is 0 Å². The van der Waals surface area contributed by atoms with Gasteiger partial charge in [0.25, 0.3) is 5.91 Å². The van der Waals surface area contributed by atoms with Gasteiger partial charge in [0.05, 0.1) is 13.3 Å². The number of carbonyl (C=O) groups is 1. The van der Waals surface area contributed by atoms with Crippen molar-refractivity contribution < 1.29 is 14.3 Å². The molecule has 0 unspecified atom stereocenters. The van der Waals surface area contributed by atoms with Crippen molar-refractivity contribution in [3.05, 3.63) is 23.8 Å². The molecule has 1 fully saturated rings. The summed E-state index contributed by atoms with van der Waals surface area (Å²) in [5, 5.41) is 8.02. The van der Waals surface area contributed by atoms with Gasteiger partial charge in [0.15, 0.2) is 23.2 Å². The Morgan fingerprint density at radius 3 is 2.85 bits per heavy atom. The molecule has 0 aliphatic heterocycles. The molecule has 1 aliphatic carbocycles. The standard InChI is InChI=1S/C18H26N4O3S/c1-12-5-3-4-6-14(12)21-18(26)22-20-10-13-7-8-15(16(9-13)24-2)25-11-17(19)23/h7-10,12,14H,3-6,11H2,1-2H3,(H2,19,23)(H2,21,22,26)/b20-10-/t12-,14+/m1/s1. The van der Waals surface area contributed by atoms with Crippen molar-refractivity contribution in [2.75, 3.05) is 13.7 Å². The predicted octanol–water partition coefficient (Wildman–Crippen LogP) is 1.94. The maximum Gasteiger partial charge on any atom is 0.255 e. The lowest BCUT2D eigenvalue weighted by atomic mass is 9.86. The largest absolute Gasteiger partial charge is 0.493 e. The minimum Gasteiger partial charge on any atom is -0.493 e. The van der Waals surface area contributed by atoms with E-state index in [9.17, 15) is 4.79 Å². The summed E-state index contributed by atoms with van der Waals surface area (Å²) in [5.41, 5.74) is 8.73. The Labute approximate surface area is 159 Å². The molecule has 8 heteroatoms. The molecule has 1 aromatic carbocycles. The second kappa shape index (κ2) is 9.96. The van der Waals surface area contributed by atoms with Crippen LogP contribution >= 0.6 is 12.2 Å². The van der Waals surface area contributed by atoms with E-state index in [2.05, 4.69) is 22.8 Å². The van der Waals surface area contributed by atoms with Crippen molar-refractivity contribution in [3.63, 3.8) is 0 Å². The molecule has 142 valence electrons. The van der Waals surface area contributed by atoms with Gasteiger partial charge in [-0.05, 0) is 54.7 Å². The Morgan fingerprint density at radius 1 is 1.38 bits per heavy atom. The van der Waals surface area contributed by atoms with Crippen LogP contribution in [0.25, 0.3) is 0 Å². The van der Waals surface area contributed by atoms with Gasteiger partial charge in [-0.15, -0.1) is 0 Å². The molecule has 0 bridgehead atoms. The Bertz CT molecular complexity index is 666. The molecule has 0 heterocycles. The lowest BCUT2D eigenvalue weighted by Gasteiger charge is -2.30. The number of nitrogens with one attached hydrogen (secondary N) is 2. The zero-order valence-corrected chi connectivity index (χ0v) is 16.0. The highest BCUT2D eigenvalue weighted by molar-refractivity contribution is 7.80. The topological polar surface area (TPSA) is 98.0 Å². The monoisotopic (exact) mass is 378 g/mol. The fraction of sp³-hybridized carbons (Fsp3) is 0.500. The first kappa shape index (κ1) is 20.0.